The molecule has 0 atom stereocenters. The van der Waals surface area contributed by atoms with Crippen LogP contribution in [0.2, 0.25) is 0 Å². The van der Waals surface area contributed by atoms with Crippen molar-refractivity contribution < 1.29 is 14.3 Å². The van der Waals surface area contributed by atoms with Crippen LogP contribution in [0.3, 0.4) is 0 Å². The van der Waals surface area contributed by atoms with Gasteiger partial charge in [0.1, 0.15) is 5.75 Å². The zero-order valence-electron chi connectivity index (χ0n) is 15.8. The normalized spacial score (nSPS) is 10.3. The molecule has 0 fully saturated rings. The van der Waals surface area contributed by atoms with E-state index in [-0.39, 0.29) is 11.6 Å². The molecule has 27 heavy (non-hydrogen) atoms. The number of ether oxygens (including phenoxy) is 1. The van der Waals surface area contributed by atoms with Crippen LogP contribution in [0, 0.1) is 0 Å². The van der Waals surface area contributed by atoms with Crippen LogP contribution in [0.1, 0.15) is 29.3 Å². The van der Waals surface area contributed by atoms with E-state index in [9.17, 15) is 9.59 Å². The average molecular weight is 388 g/mol. The molecule has 2 rings (SSSR count). The number of nitrogens with zero attached hydrogens (tertiary/aromatic N) is 1. The molecule has 7 heteroatoms. The van der Waals surface area contributed by atoms with Crippen LogP contribution in [0.15, 0.2) is 47.4 Å². The summed E-state index contributed by atoms with van der Waals surface area (Å²) in [6.45, 7) is 3.15. The topological polar surface area (TPSA) is 84.7 Å². The number of rotatable bonds is 8. The van der Waals surface area contributed by atoms with Gasteiger partial charge in [-0.3, -0.25) is 4.79 Å². The number of thioether (sulfide) groups is 1. The molecule has 0 saturated carbocycles. The molecule has 0 radical (unpaired) electrons. The van der Waals surface area contributed by atoms with Crippen molar-refractivity contribution in [3.8, 4) is 5.75 Å². The van der Waals surface area contributed by atoms with E-state index in [0.717, 1.165) is 12.0 Å². The maximum atomic E-state index is 12.7. The zero-order valence-corrected chi connectivity index (χ0v) is 16.6. The van der Waals surface area contributed by atoms with Gasteiger partial charge in [0, 0.05) is 23.7 Å². The molecule has 0 saturated heterocycles. The lowest BCUT2D eigenvalue weighted by Crippen LogP contribution is -2.35. The van der Waals surface area contributed by atoms with E-state index in [4.69, 9.17) is 10.5 Å². The second-order valence-corrected chi connectivity index (χ2v) is 6.86. The fourth-order valence-electron chi connectivity index (χ4n) is 2.65. The van der Waals surface area contributed by atoms with Crippen LogP contribution >= 0.6 is 11.8 Å². The first-order chi connectivity index (χ1) is 13.0. The summed E-state index contributed by atoms with van der Waals surface area (Å²) in [7, 11) is 1.46. The second-order valence-electron chi connectivity index (χ2n) is 5.98. The van der Waals surface area contributed by atoms with Gasteiger partial charge in [-0.15, -0.1) is 11.8 Å². The highest BCUT2D eigenvalue weighted by molar-refractivity contribution is 7.98. The number of methoxy groups -OCH3 is 1. The molecule has 3 N–H and O–H groups in total. The highest BCUT2D eigenvalue weighted by Gasteiger charge is 2.16. The lowest BCUT2D eigenvalue weighted by molar-refractivity contribution is 0.0997. The zero-order chi connectivity index (χ0) is 19.8. The predicted molar refractivity (Wildman–Crippen MR) is 109 cm³/mol. The Morgan fingerprint density at radius 3 is 2.44 bits per heavy atom. The van der Waals surface area contributed by atoms with Crippen molar-refractivity contribution in [3.63, 3.8) is 0 Å². The van der Waals surface area contributed by atoms with Crippen molar-refractivity contribution in [2.45, 2.75) is 24.8 Å². The van der Waals surface area contributed by atoms with Gasteiger partial charge in [-0.1, -0.05) is 19.1 Å². The van der Waals surface area contributed by atoms with Gasteiger partial charge in [0.05, 0.1) is 12.7 Å². The maximum Gasteiger partial charge on any atom is 0.322 e. The molecule has 0 spiro atoms. The summed E-state index contributed by atoms with van der Waals surface area (Å²) in [5, 5.41) is 2.84. The Kier molecular flexibility index (Phi) is 7.55. The van der Waals surface area contributed by atoms with E-state index in [2.05, 4.69) is 5.32 Å². The van der Waals surface area contributed by atoms with Crippen LogP contribution in [0.25, 0.3) is 0 Å². The molecule has 144 valence electrons. The molecule has 0 heterocycles. The molecule has 6 nitrogen and oxygen atoms in total. The predicted octanol–water partition coefficient (Wildman–Crippen LogP) is 3.96. The number of nitrogens with one attached hydrogen (secondary N) is 1. The van der Waals surface area contributed by atoms with Gasteiger partial charge in [0.15, 0.2) is 0 Å². The summed E-state index contributed by atoms with van der Waals surface area (Å²) in [6.07, 6.45) is 2.87. The van der Waals surface area contributed by atoms with Gasteiger partial charge < -0.3 is 20.7 Å². The van der Waals surface area contributed by atoms with Crippen LogP contribution in [0.5, 0.6) is 5.75 Å². The Hall–Kier alpha value is -2.67. The number of amides is 3. The Labute approximate surface area is 164 Å². The lowest BCUT2D eigenvalue weighted by Gasteiger charge is -2.23. The quantitative estimate of drug-likeness (QED) is 0.672. The SMILES string of the molecule is CCCN(Cc1ccc(SC)cc1)C(=O)Nc1ccc(OC)c(C(N)=O)c1. The standard InChI is InChI=1S/C20H25N3O3S/c1-4-11-23(13-14-5-8-16(27-3)9-6-14)20(25)22-15-7-10-18(26-2)17(12-15)19(21)24/h5-10,12H,4,11,13H2,1-3H3,(H2,21,24)(H,22,25). The molecule has 2 aromatic carbocycles. The Morgan fingerprint density at radius 2 is 1.89 bits per heavy atom. The summed E-state index contributed by atoms with van der Waals surface area (Å²) in [4.78, 5) is 27.2. The molecule has 3 amide bonds. The van der Waals surface area contributed by atoms with Gasteiger partial charge in [-0.2, -0.15) is 0 Å². The number of carbonyl (C=O) groups is 2. The molecule has 0 unspecified atom stereocenters. The van der Waals surface area contributed by atoms with Gasteiger partial charge >= 0.3 is 6.03 Å². The van der Waals surface area contributed by atoms with E-state index in [1.807, 2.05) is 37.4 Å². The van der Waals surface area contributed by atoms with E-state index < -0.39 is 5.91 Å². The molecule has 0 aliphatic rings. The average Bonchev–Trinajstić information content (AvgIpc) is 2.68. The van der Waals surface area contributed by atoms with Gasteiger partial charge in [-0.05, 0) is 48.6 Å². The minimum absolute atomic E-state index is 0.227. The van der Waals surface area contributed by atoms with Crippen molar-refractivity contribution in [2.75, 3.05) is 25.2 Å². The molecule has 0 aromatic heterocycles. The van der Waals surface area contributed by atoms with Crippen molar-refractivity contribution in [1.29, 1.82) is 0 Å². The highest BCUT2D eigenvalue weighted by atomic mass is 32.2. The largest absolute Gasteiger partial charge is 0.496 e. The number of anilines is 1. The van der Waals surface area contributed by atoms with Gasteiger partial charge in [0.25, 0.3) is 5.91 Å². The molecule has 0 aliphatic carbocycles. The van der Waals surface area contributed by atoms with Gasteiger partial charge in [0.2, 0.25) is 0 Å². The van der Waals surface area contributed by atoms with Crippen molar-refractivity contribution in [3.05, 3.63) is 53.6 Å². The van der Waals surface area contributed by atoms with Crippen molar-refractivity contribution in [1.82, 2.24) is 4.90 Å². The third-order valence-electron chi connectivity index (χ3n) is 4.03. The number of primary amides is 1. The fourth-order valence-corrected chi connectivity index (χ4v) is 3.06. The number of hydrogen-bond donors (Lipinski definition) is 2. The van der Waals surface area contributed by atoms with E-state index >= 15 is 0 Å². The monoisotopic (exact) mass is 387 g/mol. The summed E-state index contributed by atoms with van der Waals surface area (Å²) < 4.78 is 5.12. The maximum absolute atomic E-state index is 12.7. The summed E-state index contributed by atoms with van der Waals surface area (Å²) in [5.41, 5.74) is 7.16. The number of benzene rings is 2. The minimum Gasteiger partial charge on any atom is -0.496 e. The fraction of sp³-hybridized carbons (Fsp3) is 0.300. The Balaban J connectivity index is 2.14. The van der Waals surface area contributed by atoms with E-state index in [1.54, 1.807) is 28.8 Å². The summed E-state index contributed by atoms with van der Waals surface area (Å²) in [6, 6.07) is 12.7. The third-order valence-corrected chi connectivity index (χ3v) is 4.77. The summed E-state index contributed by atoms with van der Waals surface area (Å²) >= 11 is 1.68. The first-order valence-electron chi connectivity index (χ1n) is 8.65. The number of hydrogen-bond acceptors (Lipinski definition) is 4. The van der Waals surface area contributed by atoms with Gasteiger partial charge in [-0.25, -0.2) is 4.79 Å². The van der Waals surface area contributed by atoms with Crippen LogP contribution in [-0.4, -0.2) is 36.7 Å². The number of carbonyl (C=O) groups excluding carboxylic acids is 2. The number of urea groups is 1. The lowest BCUT2D eigenvalue weighted by atomic mass is 10.1. The van der Waals surface area contributed by atoms with Crippen LogP contribution < -0.4 is 15.8 Å². The first-order valence-corrected chi connectivity index (χ1v) is 9.87. The van der Waals surface area contributed by atoms with E-state index in [0.29, 0.717) is 24.5 Å². The third kappa shape index (κ3) is 5.65. The Morgan fingerprint density at radius 1 is 1.19 bits per heavy atom. The summed E-state index contributed by atoms with van der Waals surface area (Å²) in [5.74, 6) is -0.234. The van der Waals surface area contributed by atoms with Crippen molar-refractivity contribution >= 4 is 29.4 Å². The van der Waals surface area contributed by atoms with Crippen LogP contribution in [0.4, 0.5) is 10.5 Å². The molecular weight excluding hydrogens is 362 g/mol. The van der Waals surface area contributed by atoms with E-state index in [1.165, 1.54) is 18.1 Å². The van der Waals surface area contributed by atoms with Crippen LogP contribution in [-0.2, 0) is 6.54 Å². The highest BCUT2D eigenvalue weighted by Crippen LogP contribution is 2.23. The van der Waals surface area contributed by atoms with Crippen molar-refractivity contribution in [2.24, 2.45) is 5.73 Å². The smallest absolute Gasteiger partial charge is 0.322 e. The molecule has 2 aromatic rings. The second kappa shape index (κ2) is 9.87. The Bertz CT molecular complexity index is 794. The minimum atomic E-state index is -0.609. The first kappa shape index (κ1) is 20.6. The molecular formula is C20H25N3O3S. The molecule has 0 aliphatic heterocycles. The molecule has 0 bridgehead atoms. The number of nitrogens with two attached hydrogens (primary N) is 1.